The molecular formula is C12H21NO4S. The summed E-state index contributed by atoms with van der Waals surface area (Å²) >= 11 is 0. The molecule has 0 radical (unpaired) electrons. The SMILES string of the molecule is CC1(C(=O)O)CCN(S(=O)(=O)CC2CCCC2)C1. The molecule has 6 heteroatoms. The molecule has 0 aromatic carbocycles. The van der Waals surface area contributed by atoms with Crippen molar-refractivity contribution in [1.29, 1.82) is 0 Å². The monoisotopic (exact) mass is 275 g/mol. The zero-order valence-electron chi connectivity index (χ0n) is 10.8. The smallest absolute Gasteiger partial charge is 0.310 e. The summed E-state index contributed by atoms with van der Waals surface area (Å²) in [7, 11) is -3.28. The predicted octanol–water partition coefficient (Wildman–Crippen LogP) is 1.30. The molecule has 1 atom stereocenters. The minimum Gasteiger partial charge on any atom is -0.481 e. The number of hydrogen-bond acceptors (Lipinski definition) is 3. The number of aliphatic carboxylic acids is 1. The number of hydrogen-bond donors (Lipinski definition) is 1. The van der Waals surface area contributed by atoms with Crippen molar-refractivity contribution in [2.75, 3.05) is 18.8 Å². The summed E-state index contributed by atoms with van der Waals surface area (Å²) in [5.74, 6) is -0.435. The second kappa shape index (κ2) is 4.81. The molecule has 0 amide bonds. The Balaban J connectivity index is 2.01. The van der Waals surface area contributed by atoms with Gasteiger partial charge in [-0.05, 0) is 32.1 Å². The van der Waals surface area contributed by atoms with Crippen LogP contribution in [0.2, 0.25) is 0 Å². The first-order valence-electron chi connectivity index (χ1n) is 6.55. The Kier molecular flexibility index (Phi) is 3.69. The van der Waals surface area contributed by atoms with Crippen LogP contribution in [0.3, 0.4) is 0 Å². The highest BCUT2D eigenvalue weighted by molar-refractivity contribution is 7.89. The van der Waals surface area contributed by atoms with Gasteiger partial charge in [0.1, 0.15) is 0 Å². The highest BCUT2D eigenvalue weighted by atomic mass is 32.2. The van der Waals surface area contributed by atoms with Crippen LogP contribution in [0.25, 0.3) is 0 Å². The third-order valence-corrected chi connectivity index (χ3v) is 6.26. The molecule has 1 aliphatic heterocycles. The lowest BCUT2D eigenvalue weighted by Crippen LogP contribution is -2.37. The van der Waals surface area contributed by atoms with E-state index in [2.05, 4.69) is 0 Å². The van der Waals surface area contributed by atoms with Crippen molar-refractivity contribution < 1.29 is 18.3 Å². The summed E-state index contributed by atoms with van der Waals surface area (Å²) in [4.78, 5) is 11.1. The maximum absolute atomic E-state index is 12.2. The van der Waals surface area contributed by atoms with Gasteiger partial charge in [-0.2, -0.15) is 0 Å². The normalized spacial score (nSPS) is 30.9. The molecule has 104 valence electrons. The highest BCUT2D eigenvalue weighted by Gasteiger charge is 2.44. The van der Waals surface area contributed by atoms with Crippen molar-refractivity contribution in [3.63, 3.8) is 0 Å². The fraction of sp³-hybridized carbons (Fsp3) is 0.917. The summed E-state index contributed by atoms with van der Waals surface area (Å²) in [6.07, 6.45) is 4.62. The van der Waals surface area contributed by atoms with E-state index < -0.39 is 21.4 Å². The van der Waals surface area contributed by atoms with Gasteiger partial charge in [-0.25, -0.2) is 12.7 Å². The Morgan fingerprint density at radius 3 is 2.50 bits per heavy atom. The molecule has 0 spiro atoms. The standard InChI is InChI=1S/C12H21NO4S/c1-12(11(14)15)6-7-13(9-12)18(16,17)8-10-4-2-3-5-10/h10H,2-9H2,1H3,(H,14,15). The zero-order valence-corrected chi connectivity index (χ0v) is 11.6. The summed E-state index contributed by atoms with van der Waals surface area (Å²) in [5.41, 5.74) is -0.914. The number of carbonyl (C=O) groups is 1. The van der Waals surface area contributed by atoms with Gasteiger partial charge in [0.2, 0.25) is 10.0 Å². The molecule has 1 saturated heterocycles. The van der Waals surface area contributed by atoms with E-state index >= 15 is 0 Å². The first-order valence-corrected chi connectivity index (χ1v) is 8.16. The maximum atomic E-state index is 12.2. The van der Waals surface area contributed by atoms with Crippen LogP contribution in [0.15, 0.2) is 0 Å². The van der Waals surface area contributed by atoms with E-state index in [-0.39, 0.29) is 18.2 Å². The van der Waals surface area contributed by atoms with E-state index in [4.69, 9.17) is 5.11 Å². The first kappa shape index (κ1) is 13.8. The number of carboxylic acid groups (broad SMARTS) is 1. The minimum absolute atomic E-state index is 0.122. The fourth-order valence-electron chi connectivity index (χ4n) is 2.91. The van der Waals surface area contributed by atoms with Crippen molar-refractivity contribution in [2.45, 2.75) is 39.0 Å². The van der Waals surface area contributed by atoms with Gasteiger partial charge in [-0.1, -0.05) is 12.8 Å². The number of sulfonamides is 1. The third kappa shape index (κ3) is 2.69. The van der Waals surface area contributed by atoms with E-state index in [1.54, 1.807) is 6.92 Å². The van der Waals surface area contributed by atoms with E-state index in [1.807, 2.05) is 0 Å². The molecule has 0 aromatic rings. The Bertz CT molecular complexity index is 427. The average Bonchev–Trinajstić information content (AvgIpc) is 2.87. The van der Waals surface area contributed by atoms with Gasteiger partial charge in [0, 0.05) is 13.1 Å². The predicted molar refractivity (Wildman–Crippen MR) is 67.7 cm³/mol. The van der Waals surface area contributed by atoms with E-state index in [0.29, 0.717) is 13.0 Å². The van der Waals surface area contributed by atoms with Gasteiger partial charge >= 0.3 is 5.97 Å². The Morgan fingerprint density at radius 2 is 2.00 bits per heavy atom. The summed E-state index contributed by atoms with van der Waals surface area (Å²) < 4.78 is 25.8. The molecule has 1 N–H and O–H groups in total. The van der Waals surface area contributed by atoms with Crippen LogP contribution in [0, 0.1) is 11.3 Å². The van der Waals surface area contributed by atoms with Crippen molar-refractivity contribution in [2.24, 2.45) is 11.3 Å². The van der Waals surface area contributed by atoms with Gasteiger partial charge in [-0.15, -0.1) is 0 Å². The molecule has 2 fully saturated rings. The molecule has 1 heterocycles. The van der Waals surface area contributed by atoms with Gasteiger partial charge in [0.25, 0.3) is 0 Å². The summed E-state index contributed by atoms with van der Waals surface area (Å²) in [6.45, 7) is 2.09. The van der Waals surface area contributed by atoms with Crippen LogP contribution in [-0.2, 0) is 14.8 Å². The largest absolute Gasteiger partial charge is 0.481 e. The molecule has 1 saturated carbocycles. The van der Waals surface area contributed by atoms with Crippen LogP contribution >= 0.6 is 0 Å². The molecule has 2 rings (SSSR count). The Morgan fingerprint density at radius 1 is 1.39 bits per heavy atom. The van der Waals surface area contributed by atoms with Gasteiger partial charge in [0.15, 0.2) is 0 Å². The second-order valence-electron chi connectivity index (χ2n) is 5.88. The lowest BCUT2D eigenvalue weighted by Gasteiger charge is -2.21. The Labute approximate surface area is 108 Å². The highest BCUT2D eigenvalue weighted by Crippen LogP contribution is 2.34. The summed E-state index contributed by atoms with van der Waals surface area (Å²) in [6, 6.07) is 0. The molecule has 0 aromatic heterocycles. The quantitative estimate of drug-likeness (QED) is 0.839. The van der Waals surface area contributed by atoms with E-state index in [1.165, 1.54) is 4.31 Å². The van der Waals surface area contributed by atoms with Crippen LogP contribution < -0.4 is 0 Å². The molecule has 1 unspecified atom stereocenters. The topological polar surface area (TPSA) is 74.7 Å². The molecular weight excluding hydrogens is 254 g/mol. The van der Waals surface area contributed by atoms with Gasteiger partial charge in [-0.3, -0.25) is 4.79 Å². The van der Waals surface area contributed by atoms with E-state index in [9.17, 15) is 13.2 Å². The molecule has 5 nitrogen and oxygen atoms in total. The number of nitrogens with zero attached hydrogens (tertiary/aromatic N) is 1. The first-order chi connectivity index (χ1) is 8.33. The zero-order chi connectivity index (χ0) is 13.4. The average molecular weight is 275 g/mol. The van der Waals surface area contributed by atoms with Crippen molar-refractivity contribution in [3.05, 3.63) is 0 Å². The minimum atomic E-state index is -3.28. The van der Waals surface area contributed by atoms with Gasteiger partial charge in [0.05, 0.1) is 11.2 Å². The van der Waals surface area contributed by atoms with Crippen LogP contribution in [-0.4, -0.2) is 42.6 Å². The number of rotatable bonds is 4. The molecule has 0 bridgehead atoms. The second-order valence-corrected chi connectivity index (χ2v) is 7.89. The maximum Gasteiger partial charge on any atom is 0.310 e. The van der Waals surface area contributed by atoms with Gasteiger partial charge < -0.3 is 5.11 Å². The van der Waals surface area contributed by atoms with Crippen LogP contribution in [0.1, 0.15) is 39.0 Å². The molecule has 2 aliphatic rings. The Hall–Kier alpha value is -0.620. The lowest BCUT2D eigenvalue weighted by molar-refractivity contribution is -0.146. The third-order valence-electron chi connectivity index (χ3n) is 4.27. The fourth-order valence-corrected chi connectivity index (χ4v) is 4.90. The van der Waals surface area contributed by atoms with Crippen molar-refractivity contribution in [1.82, 2.24) is 4.31 Å². The molecule has 18 heavy (non-hydrogen) atoms. The summed E-state index contributed by atoms with van der Waals surface area (Å²) in [5, 5.41) is 9.12. The van der Waals surface area contributed by atoms with Crippen LogP contribution in [0.5, 0.6) is 0 Å². The number of carboxylic acids is 1. The van der Waals surface area contributed by atoms with Crippen LogP contribution in [0.4, 0.5) is 0 Å². The van der Waals surface area contributed by atoms with Crippen molar-refractivity contribution in [3.8, 4) is 0 Å². The van der Waals surface area contributed by atoms with Crippen molar-refractivity contribution >= 4 is 16.0 Å². The lowest BCUT2D eigenvalue weighted by atomic mass is 9.90. The molecule has 1 aliphatic carbocycles. The van der Waals surface area contributed by atoms with E-state index in [0.717, 1.165) is 25.7 Å².